The van der Waals surface area contributed by atoms with Crippen molar-refractivity contribution in [2.45, 2.75) is 13.8 Å². The first-order valence-electron chi connectivity index (χ1n) is 6.82. The molecule has 0 unspecified atom stereocenters. The molecule has 0 atom stereocenters. The lowest BCUT2D eigenvalue weighted by Crippen LogP contribution is -2.42. The molecule has 1 aromatic carbocycles. The largest absolute Gasteiger partial charge is 0.399 e. The van der Waals surface area contributed by atoms with Crippen LogP contribution in [-0.2, 0) is 14.4 Å². The molecule has 23 heavy (non-hydrogen) atoms. The van der Waals surface area contributed by atoms with Crippen molar-refractivity contribution in [3.05, 3.63) is 48.2 Å². The molecule has 1 aromatic heterocycles. The highest BCUT2D eigenvalue weighted by Gasteiger charge is 2.27. The van der Waals surface area contributed by atoms with E-state index in [-0.39, 0.29) is 11.5 Å². The number of nitrogens with zero attached hydrogens (tertiary/aromatic N) is 2. The smallest absolute Gasteiger partial charge is 0.323 e. The Kier molecular flexibility index (Phi) is 4.70. The fourth-order valence-electron chi connectivity index (χ4n) is 1.88. The van der Waals surface area contributed by atoms with E-state index in [0.29, 0.717) is 5.69 Å². The van der Waals surface area contributed by atoms with Crippen molar-refractivity contribution in [3.63, 3.8) is 0 Å². The monoisotopic (exact) mass is 312 g/mol. The minimum absolute atomic E-state index is 0.231. The molecule has 7 nitrogen and oxygen atoms in total. The molecule has 0 bridgehead atoms. The average Bonchev–Trinajstić information content (AvgIpc) is 2.51. The third-order valence-corrected chi connectivity index (χ3v) is 3.02. The summed E-state index contributed by atoms with van der Waals surface area (Å²) in [6.45, 7) is 3.05. The van der Waals surface area contributed by atoms with Crippen molar-refractivity contribution in [2.24, 2.45) is 0 Å². The molecule has 118 valence electrons. The summed E-state index contributed by atoms with van der Waals surface area (Å²) in [5, 5.41) is 2.37. The van der Waals surface area contributed by atoms with Gasteiger partial charge in [-0.2, -0.15) is 0 Å². The molecular weight excluding hydrogens is 296 g/mol. The minimum Gasteiger partial charge on any atom is -0.399 e. The normalized spacial score (nSPS) is 10.0. The maximum atomic E-state index is 12.3. The molecule has 0 spiro atoms. The third kappa shape index (κ3) is 3.91. The average molecular weight is 312 g/mol. The van der Waals surface area contributed by atoms with Gasteiger partial charge in [0, 0.05) is 18.8 Å². The molecule has 0 saturated carbocycles. The Morgan fingerprint density at radius 3 is 2.26 bits per heavy atom. The lowest BCUT2D eigenvalue weighted by molar-refractivity contribution is -0.136. The van der Waals surface area contributed by atoms with Gasteiger partial charge in [0.05, 0.1) is 5.69 Å². The zero-order valence-corrected chi connectivity index (χ0v) is 12.7. The van der Waals surface area contributed by atoms with Crippen LogP contribution in [0.25, 0.3) is 0 Å². The number of aromatic nitrogens is 1. The molecule has 3 amide bonds. The SMILES string of the molecule is CC(=O)N(C(=O)C(=O)Nc1ccc(C)cn1)c1ccc(N)cc1. The van der Waals surface area contributed by atoms with E-state index < -0.39 is 17.7 Å². The number of hydrogen-bond donors (Lipinski definition) is 2. The summed E-state index contributed by atoms with van der Waals surface area (Å²) in [5.41, 5.74) is 7.25. The molecule has 3 N–H and O–H groups in total. The molecular formula is C16H16N4O3. The molecule has 7 heteroatoms. The number of amides is 3. The Labute approximate surface area is 133 Å². The van der Waals surface area contributed by atoms with Gasteiger partial charge >= 0.3 is 11.8 Å². The Hall–Kier alpha value is -3.22. The first kappa shape index (κ1) is 16.2. The number of aryl methyl sites for hydroxylation is 1. The van der Waals surface area contributed by atoms with Gasteiger partial charge in [0.2, 0.25) is 5.91 Å². The number of hydrogen-bond acceptors (Lipinski definition) is 5. The standard InChI is InChI=1S/C16H16N4O3/c1-10-3-8-14(18-9-10)19-15(22)16(23)20(11(2)21)13-6-4-12(17)5-7-13/h3-9H,17H2,1-2H3,(H,18,19,22). The van der Waals surface area contributed by atoms with Crippen LogP contribution in [-0.4, -0.2) is 22.7 Å². The Morgan fingerprint density at radius 1 is 1.09 bits per heavy atom. The third-order valence-electron chi connectivity index (χ3n) is 3.02. The number of pyridine rings is 1. The van der Waals surface area contributed by atoms with Crippen LogP contribution >= 0.6 is 0 Å². The fourth-order valence-corrected chi connectivity index (χ4v) is 1.88. The number of nitrogen functional groups attached to an aromatic ring is 1. The van der Waals surface area contributed by atoms with E-state index in [2.05, 4.69) is 10.3 Å². The number of benzene rings is 1. The van der Waals surface area contributed by atoms with Gasteiger partial charge in [-0.1, -0.05) is 6.07 Å². The fraction of sp³-hybridized carbons (Fsp3) is 0.125. The van der Waals surface area contributed by atoms with Crippen molar-refractivity contribution in [2.75, 3.05) is 16.0 Å². The van der Waals surface area contributed by atoms with Gasteiger partial charge in [-0.15, -0.1) is 0 Å². The molecule has 0 aliphatic carbocycles. The zero-order valence-electron chi connectivity index (χ0n) is 12.7. The number of carbonyl (C=O) groups is 3. The maximum Gasteiger partial charge on any atom is 0.323 e. The van der Waals surface area contributed by atoms with Gasteiger partial charge in [-0.3, -0.25) is 14.4 Å². The van der Waals surface area contributed by atoms with Gasteiger partial charge in [0.15, 0.2) is 0 Å². The topological polar surface area (TPSA) is 105 Å². The Morgan fingerprint density at radius 2 is 1.74 bits per heavy atom. The summed E-state index contributed by atoms with van der Waals surface area (Å²) in [7, 11) is 0. The molecule has 0 aliphatic rings. The predicted molar refractivity (Wildman–Crippen MR) is 86.6 cm³/mol. The minimum atomic E-state index is -0.996. The van der Waals surface area contributed by atoms with Crippen molar-refractivity contribution >= 4 is 34.9 Å². The summed E-state index contributed by atoms with van der Waals surface area (Å²) < 4.78 is 0. The van der Waals surface area contributed by atoms with E-state index in [0.717, 1.165) is 10.5 Å². The maximum absolute atomic E-state index is 12.3. The number of imide groups is 1. The van der Waals surface area contributed by atoms with Gasteiger partial charge in [-0.25, -0.2) is 9.88 Å². The van der Waals surface area contributed by atoms with Gasteiger partial charge in [0.1, 0.15) is 5.82 Å². The van der Waals surface area contributed by atoms with Crippen molar-refractivity contribution in [1.82, 2.24) is 4.98 Å². The summed E-state index contributed by atoms with van der Waals surface area (Å²) in [6, 6.07) is 9.38. The van der Waals surface area contributed by atoms with Crippen molar-refractivity contribution in [1.29, 1.82) is 0 Å². The van der Waals surface area contributed by atoms with Crippen LogP contribution in [0.15, 0.2) is 42.6 Å². The second-order valence-corrected chi connectivity index (χ2v) is 4.93. The Balaban J connectivity index is 2.20. The predicted octanol–water partition coefficient (Wildman–Crippen LogP) is 1.49. The van der Waals surface area contributed by atoms with Gasteiger partial charge < -0.3 is 11.1 Å². The van der Waals surface area contributed by atoms with Crippen LogP contribution in [0.3, 0.4) is 0 Å². The molecule has 0 aliphatic heterocycles. The van der Waals surface area contributed by atoms with Crippen LogP contribution in [0.1, 0.15) is 12.5 Å². The molecule has 1 heterocycles. The molecule has 2 aromatic rings. The van der Waals surface area contributed by atoms with Gasteiger partial charge in [0.25, 0.3) is 0 Å². The molecule has 0 saturated heterocycles. The lowest BCUT2D eigenvalue weighted by atomic mass is 10.2. The summed E-state index contributed by atoms with van der Waals surface area (Å²) >= 11 is 0. The molecule has 2 rings (SSSR count). The van der Waals surface area contributed by atoms with Crippen LogP contribution in [0.4, 0.5) is 17.2 Å². The van der Waals surface area contributed by atoms with Gasteiger partial charge in [-0.05, 0) is 42.8 Å². The van der Waals surface area contributed by atoms with Crippen molar-refractivity contribution in [3.8, 4) is 0 Å². The first-order valence-corrected chi connectivity index (χ1v) is 6.82. The number of nitrogens with two attached hydrogens (primary N) is 1. The highest BCUT2D eigenvalue weighted by molar-refractivity contribution is 6.48. The first-order chi connectivity index (χ1) is 10.9. The van der Waals surface area contributed by atoms with Crippen LogP contribution in [0.2, 0.25) is 0 Å². The van der Waals surface area contributed by atoms with Crippen LogP contribution in [0.5, 0.6) is 0 Å². The quantitative estimate of drug-likeness (QED) is 0.645. The number of nitrogens with one attached hydrogen (secondary N) is 1. The number of carbonyl (C=O) groups excluding carboxylic acids is 3. The van der Waals surface area contributed by atoms with E-state index in [1.807, 2.05) is 6.92 Å². The van der Waals surface area contributed by atoms with E-state index in [1.54, 1.807) is 18.3 Å². The lowest BCUT2D eigenvalue weighted by Gasteiger charge is -2.18. The van der Waals surface area contributed by atoms with E-state index in [1.165, 1.54) is 31.2 Å². The Bertz CT molecular complexity index is 739. The van der Waals surface area contributed by atoms with Crippen LogP contribution in [0, 0.1) is 6.92 Å². The highest BCUT2D eigenvalue weighted by Crippen LogP contribution is 2.17. The summed E-state index contributed by atoms with van der Waals surface area (Å²) in [4.78, 5) is 40.9. The zero-order chi connectivity index (χ0) is 17.0. The van der Waals surface area contributed by atoms with Crippen molar-refractivity contribution < 1.29 is 14.4 Å². The molecule has 0 fully saturated rings. The van der Waals surface area contributed by atoms with E-state index in [4.69, 9.17) is 5.73 Å². The molecule has 0 radical (unpaired) electrons. The van der Waals surface area contributed by atoms with E-state index >= 15 is 0 Å². The second-order valence-electron chi connectivity index (χ2n) is 4.93. The number of anilines is 3. The highest BCUT2D eigenvalue weighted by atomic mass is 16.2. The summed E-state index contributed by atoms with van der Waals surface area (Å²) in [6.07, 6.45) is 1.56. The van der Waals surface area contributed by atoms with E-state index in [9.17, 15) is 14.4 Å². The second kappa shape index (κ2) is 6.69. The number of rotatable bonds is 2. The summed E-state index contributed by atoms with van der Waals surface area (Å²) in [5.74, 6) is -2.29. The van der Waals surface area contributed by atoms with Crippen LogP contribution < -0.4 is 16.0 Å².